The quantitative estimate of drug-likeness (QED) is 0.290. The maximum atomic E-state index is 6.01. The second-order valence-electron chi connectivity index (χ2n) is 8.25. The molecule has 1 N–H and O–H groups in total. The smallest absolute Gasteiger partial charge is 0.228 e. The summed E-state index contributed by atoms with van der Waals surface area (Å²) in [6, 6.07) is 30.6. The first kappa shape index (κ1) is 18.8. The third kappa shape index (κ3) is 2.98. The van der Waals surface area contributed by atoms with E-state index < -0.39 is 0 Å². The second kappa shape index (κ2) is 7.39. The summed E-state index contributed by atoms with van der Waals surface area (Å²) in [4.78, 5) is 14.2. The summed E-state index contributed by atoms with van der Waals surface area (Å²) in [7, 11) is 0. The van der Waals surface area contributed by atoms with Gasteiger partial charge in [-0.1, -0.05) is 48.5 Å². The zero-order chi connectivity index (χ0) is 22.5. The molecule has 4 aromatic carbocycles. The van der Waals surface area contributed by atoms with E-state index in [1.165, 1.54) is 0 Å². The largest absolute Gasteiger partial charge is 0.456 e. The van der Waals surface area contributed by atoms with Gasteiger partial charge in [0.05, 0.1) is 11.2 Å². The topological polar surface area (TPSA) is 63.8 Å². The molecule has 3 heterocycles. The highest BCUT2D eigenvalue weighted by Crippen LogP contribution is 2.36. The Morgan fingerprint density at radius 1 is 0.647 bits per heavy atom. The average Bonchev–Trinajstić information content (AvgIpc) is 3.27. The van der Waals surface area contributed by atoms with E-state index in [1.807, 2.05) is 60.8 Å². The van der Waals surface area contributed by atoms with Crippen LogP contribution in [0.4, 0.5) is 11.6 Å². The number of fused-ring (bicyclic) bond motifs is 6. The molecule has 7 aromatic rings. The number of hydrogen-bond acceptors (Lipinski definition) is 5. The SMILES string of the molecule is c1ccc(Nc2nc(-c3ccc4oc5ccncc5c4c3)c3ccc4ccccc4c3n2)cc1. The Kier molecular flexibility index (Phi) is 4.08. The van der Waals surface area contributed by atoms with Crippen molar-refractivity contribution in [3.05, 3.63) is 103 Å². The Morgan fingerprint density at radius 2 is 1.50 bits per heavy atom. The van der Waals surface area contributed by atoms with E-state index in [1.54, 1.807) is 6.20 Å². The van der Waals surface area contributed by atoms with Crippen LogP contribution in [0.1, 0.15) is 0 Å². The first-order valence-electron chi connectivity index (χ1n) is 11.1. The number of aromatic nitrogens is 3. The minimum atomic E-state index is 0.559. The molecule has 0 saturated carbocycles. The van der Waals surface area contributed by atoms with Crippen molar-refractivity contribution >= 4 is 55.2 Å². The van der Waals surface area contributed by atoms with Gasteiger partial charge in [-0.25, -0.2) is 9.97 Å². The Morgan fingerprint density at radius 3 is 2.44 bits per heavy atom. The first-order valence-corrected chi connectivity index (χ1v) is 11.1. The number of benzene rings is 4. The third-order valence-electron chi connectivity index (χ3n) is 6.17. The van der Waals surface area contributed by atoms with E-state index in [-0.39, 0.29) is 0 Å². The van der Waals surface area contributed by atoms with E-state index in [0.29, 0.717) is 5.95 Å². The van der Waals surface area contributed by atoms with Crippen LogP contribution in [0.3, 0.4) is 0 Å². The number of furan rings is 1. The lowest BCUT2D eigenvalue weighted by atomic mass is 10.0. The Hall–Kier alpha value is -4.77. The van der Waals surface area contributed by atoms with Gasteiger partial charge in [-0.15, -0.1) is 0 Å². The Labute approximate surface area is 194 Å². The van der Waals surface area contributed by atoms with Gasteiger partial charge in [0, 0.05) is 45.2 Å². The molecular formula is C29H18N4O. The fourth-order valence-corrected chi connectivity index (χ4v) is 4.56. The maximum absolute atomic E-state index is 6.01. The van der Waals surface area contributed by atoms with Crippen molar-refractivity contribution in [1.82, 2.24) is 15.0 Å². The zero-order valence-electron chi connectivity index (χ0n) is 18.1. The molecule has 0 unspecified atom stereocenters. The molecule has 0 aliphatic carbocycles. The van der Waals surface area contributed by atoms with Crippen LogP contribution in [0.2, 0.25) is 0 Å². The molecule has 34 heavy (non-hydrogen) atoms. The monoisotopic (exact) mass is 438 g/mol. The average molecular weight is 438 g/mol. The predicted molar refractivity (Wildman–Crippen MR) is 137 cm³/mol. The number of nitrogens with one attached hydrogen (secondary N) is 1. The molecule has 160 valence electrons. The molecule has 0 radical (unpaired) electrons. The molecule has 0 fully saturated rings. The highest BCUT2D eigenvalue weighted by atomic mass is 16.3. The van der Waals surface area contributed by atoms with Crippen molar-refractivity contribution < 1.29 is 4.42 Å². The van der Waals surface area contributed by atoms with Crippen LogP contribution < -0.4 is 5.32 Å². The standard InChI is InChI=1S/C29H18N4O/c1-2-7-20(8-3-1)31-29-32-27(22-12-10-18-6-4-5-9-21(18)28(22)33-29)19-11-13-25-23(16-19)24-17-30-15-14-26(24)34-25/h1-17H,(H,31,32,33). The van der Waals surface area contributed by atoms with Crippen molar-refractivity contribution in [2.45, 2.75) is 0 Å². The van der Waals surface area contributed by atoms with Gasteiger partial charge in [0.15, 0.2) is 0 Å². The predicted octanol–water partition coefficient (Wildman–Crippen LogP) is 7.49. The van der Waals surface area contributed by atoms with Gasteiger partial charge in [0.25, 0.3) is 0 Å². The van der Waals surface area contributed by atoms with Gasteiger partial charge in [0.2, 0.25) is 5.95 Å². The molecule has 0 amide bonds. The number of pyridine rings is 1. The number of nitrogens with zero attached hydrogens (tertiary/aromatic N) is 3. The van der Waals surface area contributed by atoms with Crippen molar-refractivity contribution in [2.24, 2.45) is 0 Å². The van der Waals surface area contributed by atoms with E-state index in [4.69, 9.17) is 14.4 Å². The summed E-state index contributed by atoms with van der Waals surface area (Å²) in [6.07, 6.45) is 3.59. The van der Waals surface area contributed by atoms with Crippen LogP contribution in [0.5, 0.6) is 0 Å². The second-order valence-corrected chi connectivity index (χ2v) is 8.25. The molecule has 5 heteroatoms. The Bertz CT molecular complexity index is 1840. The summed E-state index contributed by atoms with van der Waals surface area (Å²) in [5.41, 5.74) is 5.38. The van der Waals surface area contributed by atoms with Gasteiger partial charge in [-0.05, 0) is 47.9 Å². The van der Waals surface area contributed by atoms with Gasteiger partial charge in [-0.3, -0.25) is 4.98 Å². The number of hydrogen-bond donors (Lipinski definition) is 1. The van der Waals surface area contributed by atoms with Crippen molar-refractivity contribution in [1.29, 1.82) is 0 Å². The molecule has 0 bridgehead atoms. The summed E-state index contributed by atoms with van der Waals surface area (Å²) in [5.74, 6) is 0.559. The number of anilines is 2. The fourth-order valence-electron chi connectivity index (χ4n) is 4.56. The van der Waals surface area contributed by atoms with E-state index in [2.05, 4.69) is 46.7 Å². The minimum absolute atomic E-state index is 0.559. The molecule has 3 aromatic heterocycles. The van der Waals surface area contributed by atoms with Gasteiger partial charge in [-0.2, -0.15) is 0 Å². The van der Waals surface area contributed by atoms with Gasteiger partial charge < -0.3 is 9.73 Å². The van der Waals surface area contributed by atoms with Crippen LogP contribution in [0, 0.1) is 0 Å². The van der Waals surface area contributed by atoms with Crippen LogP contribution in [0.15, 0.2) is 108 Å². The molecule has 0 aliphatic heterocycles. The molecule has 0 atom stereocenters. The first-order chi connectivity index (χ1) is 16.8. The fraction of sp³-hybridized carbons (Fsp3) is 0. The van der Waals surface area contributed by atoms with Crippen LogP contribution in [-0.2, 0) is 0 Å². The van der Waals surface area contributed by atoms with Crippen molar-refractivity contribution in [3.8, 4) is 11.3 Å². The maximum Gasteiger partial charge on any atom is 0.228 e. The summed E-state index contributed by atoms with van der Waals surface area (Å²) < 4.78 is 6.01. The lowest BCUT2D eigenvalue weighted by Crippen LogP contribution is -2.00. The number of para-hydroxylation sites is 1. The molecular weight excluding hydrogens is 420 g/mol. The minimum Gasteiger partial charge on any atom is -0.456 e. The van der Waals surface area contributed by atoms with Crippen molar-refractivity contribution in [2.75, 3.05) is 5.32 Å². The summed E-state index contributed by atoms with van der Waals surface area (Å²) >= 11 is 0. The molecule has 0 spiro atoms. The third-order valence-corrected chi connectivity index (χ3v) is 6.17. The van der Waals surface area contributed by atoms with Gasteiger partial charge >= 0.3 is 0 Å². The molecule has 7 rings (SSSR count). The molecule has 0 saturated heterocycles. The van der Waals surface area contributed by atoms with Crippen molar-refractivity contribution in [3.63, 3.8) is 0 Å². The van der Waals surface area contributed by atoms with E-state index in [0.717, 1.165) is 60.6 Å². The summed E-state index contributed by atoms with van der Waals surface area (Å²) in [5, 5.41) is 8.64. The number of rotatable bonds is 3. The highest BCUT2D eigenvalue weighted by Gasteiger charge is 2.15. The van der Waals surface area contributed by atoms with Crippen LogP contribution in [0.25, 0.3) is 54.9 Å². The van der Waals surface area contributed by atoms with E-state index in [9.17, 15) is 0 Å². The van der Waals surface area contributed by atoms with Gasteiger partial charge in [0.1, 0.15) is 11.2 Å². The lowest BCUT2D eigenvalue weighted by molar-refractivity contribution is 0.668. The van der Waals surface area contributed by atoms with Crippen LogP contribution >= 0.6 is 0 Å². The normalized spacial score (nSPS) is 11.5. The summed E-state index contributed by atoms with van der Waals surface area (Å²) in [6.45, 7) is 0. The lowest BCUT2D eigenvalue weighted by Gasteiger charge is -2.12. The van der Waals surface area contributed by atoms with Crippen LogP contribution in [-0.4, -0.2) is 15.0 Å². The highest BCUT2D eigenvalue weighted by molar-refractivity contribution is 6.11. The van der Waals surface area contributed by atoms with E-state index >= 15 is 0 Å². The molecule has 5 nitrogen and oxygen atoms in total. The Balaban J connectivity index is 1.51. The zero-order valence-corrected chi connectivity index (χ0v) is 18.1. The molecule has 0 aliphatic rings.